The molecule has 0 unspecified atom stereocenters. The quantitative estimate of drug-likeness (QED) is 0.495. The molecule has 26 heavy (non-hydrogen) atoms. The van der Waals surface area contributed by atoms with Crippen molar-refractivity contribution < 1.29 is 9.50 Å². The van der Waals surface area contributed by atoms with E-state index in [1.165, 1.54) is 12.3 Å². The number of hydrazone groups is 1. The van der Waals surface area contributed by atoms with E-state index in [2.05, 4.69) is 20.5 Å². The normalized spacial score (nSPS) is 10.6. The molecule has 0 fully saturated rings. The van der Waals surface area contributed by atoms with Gasteiger partial charge in [0.25, 0.3) is 5.56 Å². The third-order valence-corrected chi connectivity index (χ3v) is 3.44. The summed E-state index contributed by atoms with van der Waals surface area (Å²) in [6, 6.07) is 14.0. The van der Waals surface area contributed by atoms with Crippen LogP contribution in [0.3, 0.4) is 0 Å². The number of halogens is 1. The van der Waals surface area contributed by atoms with Gasteiger partial charge in [0.2, 0.25) is 5.95 Å². The van der Waals surface area contributed by atoms with Crippen LogP contribution in [0.1, 0.15) is 11.1 Å². The molecule has 1 heterocycles. The third-order valence-electron chi connectivity index (χ3n) is 3.44. The number of nitriles is 1. The molecular weight excluding hydrogens is 337 g/mol. The first-order valence-corrected chi connectivity index (χ1v) is 7.46. The molecule has 0 saturated carbocycles. The Labute approximate surface area is 147 Å². The van der Waals surface area contributed by atoms with Crippen molar-refractivity contribution in [3.8, 4) is 23.1 Å². The van der Waals surface area contributed by atoms with Crippen LogP contribution in [0.15, 0.2) is 58.4 Å². The minimum atomic E-state index is -0.618. The number of aromatic amines is 1. The molecule has 0 bridgehead atoms. The molecule has 0 radical (unpaired) electrons. The lowest BCUT2D eigenvalue weighted by Gasteiger charge is -2.06. The zero-order valence-electron chi connectivity index (χ0n) is 13.3. The van der Waals surface area contributed by atoms with Crippen molar-refractivity contribution >= 4 is 12.2 Å². The largest absolute Gasteiger partial charge is 0.507 e. The number of nitrogens with zero attached hydrogens (tertiary/aromatic N) is 3. The van der Waals surface area contributed by atoms with Crippen LogP contribution in [0, 0.1) is 17.1 Å². The molecule has 1 aromatic heterocycles. The Balaban J connectivity index is 1.93. The molecule has 8 heteroatoms. The number of phenolic OH excluding ortho intramolecular Hbond substituents is 1. The number of phenols is 1. The number of hydrogen-bond acceptors (Lipinski definition) is 6. The summed E-state index contributed by atoms with van der Waals surface area (Å²) in [4.78, 5) is 18.7. The van der Waals surface area contributed by atoms with Gasteiger partial charge in [-0.15, -0.1) is 0 Å². The second-order valence-electron chi connectivity index (χ2n) is 5.19. The van der Waals surface area contributed by atoms with E-state index in [9.17, 15) is 19.6 Å². The van der Waals surface area contributed by atoms with Crippen LogP contribution in [-0.4, -0.2) is 21.3 Å². The number of nitrogens with one attached hydrogen (secondary N) is 2. The lowest BCUT2D eigenvalue weighted by atomic mass is 10.1. The van der Waals surface area contributed by atoms with Crippen molar-refractivity contribution in [2.75, 3.05) is 5.43 Å². The number of aromatic hydroxyl groups is 1. The van der Waals surface area contributed by atoms with Crippen molar-refractivity contribution in [1.82, 2.24) is 9.97 Å². The Morgan fingerprint density at radius 1 is 1.27 bits per heavy atom. The highest BCUT2D eigenvalue weighted by Crippen LogP contribution is 2.19. The van der Waals surface area contributed by atoms with E-state index < -0.39 is 11.4 Å². The molecule has 0 spiro atoms. The summed E-state index contributed by atoms with van der Waals surface area (Å²) in [6.07, 6.45) is 1.18. The van der Waals surface area contributed by atoms with Gasteiger partial charge in [0, 0.05) is 11.1 Å². The fourth-order valence-electron chi connectivity index (χ4n) is 2.23. The Bertz CT molecular complexity index is 1070. The molecule has 0 aliphatic rings. The van der Waals surface area contributed by atoms with Gasteiger partial charge in [0.1, 0.15) is 23.2 Å². The van der Waals surface area contributed by atoms with Crippen LogP contribution in [0.4, 0.5) is 10.3 Å². The van der Waals surface area contributed by atoms with Crippen LogP contribution >= 0.6 is 0 Å². The lowest BCUT2D eigenvalue weighted by molar-refractivity contribution is 0.472. The first-order chi connectivity index (χ1) is 12.6. The molecule has 0 amide bonds. The molecule has 0 aliphatic heterocycles. The van der Waals surface area contributed by atoms with E-state index in [1.54, 1.807) is 30.3 Å². The Kier molecular flexibility index (Phi) is 4.71. The Morgan fingerprint density at radius 3 is 2.77 bits per heavy atom. The number of H-pyrrole nitrogens is 1. The van der Waals surface area contributed by atoms with E-state index in [-0.39, 0.29) is 28.5 Å². The van der Waals surface area contributed by atoms with Crippen LogP contribution in [0.2, 0.25) is 0 Å². The van der Waals surface area contributed by atoms with Crippen molar-refractivity contribution in [3.05, 3.63) is 75.8 Å². The van der Waals surface area contributed by atoms with Gasteiger partial charge in [0.15, 0.2) is 0 Å². The average Bonchev–Trinajstić information content (AvgIpc) is 2.65. The Hall–Kier alpha value is -3.99. The van der Waals surface area contributed by atoms with E-state index in [0.29, 0.717) is 5.56 Å². The number of rotatable bonds is 4. The minimum Gasteiger partial charge on any atom is -0.507 e. The number of benzene rings is 2. The molecule has 3 aromatic rings. The van der Waals surface area contributed by atoms with Crippen molar-refractivity contribution in [2.45, 2.75) is 0 Å². The zero-order valence-corrected chi connectivity index (χ0v) is 13.3. The highest BCUT2D eigenvalue weighted by molar-refractivity contribution is 5.83. The lowest BCUT2D eigenvalue weighted by Crippen LogP contribution is -2.16. The molecule has 7 nitrogen and oxygen atoms in total. The van der Waals surface area contributed by atoms with E-state index in [1.807, 2.05) is 6.07 Å². The highest BCUT2D eigenvalue weighted by Gasteiger charge is 2.12. The minimum absolute atomic E-state index is 0.00000378. The smallest absolute Gasteiger partial charge is 0.270 e. The van der Waals surface area contributed by atoms with Crippen molar-refractivity contribution in [2.24, 2.45) is 5.10 Å². The van der Waals surface area contributed by atoms with Gasteiger partial charge in [-0.2, -0.15) is 10.4 Å². The van der Waals surface area contributed by atoms with Gasteiger partial charge in [-0.25, -0.2) is 14.8 Å². The first-order valence-electron chi connectivity index (χ1n) is 7.46. The highest BCUT2D eigenvalue weighted by atomic mass is 19.1. The number of hydrogen-bond donors (Lipinski definition) is 3. The van der Waals surface area contributed by atoms with E-state index >= 15 is 0 Å². The van der Waals surface area contributed by atoms with Crippen LogP contribution in [0.5, 0.6) is 5.75 Å². The zero-order chi connectivity index (χ0) is 18.5. The first kappa shape index (κ1) is 16.9. The predicted molar refractivity (Wildman–Crippen MR) is 94.3 cm³/mol. The third kappa shape index (κ3) is 3.57. The van der Waals surface area contributed by atoms with Gasteiger partial charge in [-0.05, 0) is 18.2 Å². The van der Waals surface area contributed by atoms with Gasteiger partial charge in [0.05, 0.1) is 11.9 Å². The van der Waals surface area contributed by atoms with Crippen LogP contribution in [-0.2, 0) is 0 Å². The maximum absolute atomic E-state index is 13.2. The molecule has 3 N–H and O–H groups in total. The van der Waals surface area contributed by atoms with Crippen molar-refractivity contribution in [3.63, 3.8) is 0 Å². The van der Waals surface area contributed by atoms with Gasteiger partial charge >= 0.3 is 0 Å². The summed E-state index contributed by atoms with van der Waals surface area (Å²) in [5, 5.41) is 22.7. The molecule has 0 saturated heterocycles. The molecule has 0 atom stereocenters. The van der Waals surface area contributed by atoms with E-state index in [4.69, 9.17) is 0 Å². The average molecular weight is 349 g/mol. The summed E-state index contributed by atoms with van der Waals surface area (Å²) in [6.45, 7) is 0. The standard InChI is InChI=1S/C18H12FN5O2/c19-13-6-7-15(25)12(8-13)10-21-24-18-22-16(11-4-2-1-3-5-11)14(9-20)17(26)23-18/h1-8,10,25H,(H2,22,23,24,26). The summed E-state index contributed by atoms with van der Waals surface area (Å²) < 4.78 is 13.2. The molecular formula is C18H12FN5O2. The van der Waals surface area contributed by atoms with Gasteiger partial charge < -0.3 is 5.11 Å². The fourth-order valence-corrected chi connectivity index (χ4v) is 2.23. The summed E-state index contributed by atoms with van der Waals surface area (Å²) in [5.41, 5.74) is 2.73. The van der Waals surface area contributed by atoms with E-state index in [0.717, 1.165) is 12.1 Å². The predicted octanol–water partition coefficient (Wildman–Crippen LogP) is 2.60. The summed E-state index contributed by atoms with van der Waals surface area (Å²) >= 11 is 0. The molecule has 128 valence electrons. The van der Waals surface area contributed by atoms with Crippen molar-refractivity contribution in [1.29, 1.82) is 5.26 Å². The summed E-state index contributed by atoms with van der Waals surface area (Å²) in [5.74, 6) is -0.677. The fraction of sp³-hybridized carbons (Fsp3) is 0. The Morgan fingerprint density at radius 2 is 2.04 bits per heavy atom. The topological polar surface area (TPSA) is 114 Å². The molecule has 2 aromatic carbocycles. The van der Waals surface area contributed by atoms with Gasteiger partial charge in [-0.1, -0.05) is 30.3 Å². The molecule has 3 rings (SSSR count). The second kappa shape index (κ2) is 7.27. The van der Waals surface area contributed by atoms with Crippen LogP contribution < -0.4 is 11.0 Å². The summed E-state index contributed by atoms with van der Waals surface area (Å²) in [7, 11) is 0. The number of anilines is 1. The molecule has 0 aliphatic carbocycles. The monoisotopic (exact) mass is 349 g/mol. The maximum Gasteiger partial charge on any atom is 0.270 e. The second-order valence-corrected chi connectivity index (χ2v) is 5.19. The van der Waals surface area contributed by atoms with Gasteiger partial charge in [-0.3, -0.25) is 9.78 Å². The number of aromatic nitrogens is 2. The van der Waals surface area contributed by atoms with Crippen LogP contribution in [0.25, 0.3) is 11.3 Å². The SMILES string of the molecule is N#Cc1c(-c2ccccc2)nc(NN=Cc2cc(F)ccc2O)[nH]c1=O. The maximum atomic E-state index is 13.2.